The van der Waals surface area contributed by atoms with Crippen LogP contribution < -0.4 is 5.32 Å². The quantitative estimate of drug-likeness (QED) is 0.800. The molecule has 1 N–H and O–H groups in total. The number of rotatable bonds is 6. The number of carbonyl (C=O) groups is 1. The maximum atomic E-state index is 12.1. The highest BCUT2D eigenvalue weighted by Crippen LogP contribution is 2.26. The normalized spacial score (nSPS) is 22.0. The molecule has 2 fully saturated rings. The van der Waals surface area contributed by atoms with Gasteiger partial charge in [-0.25, -0.2) is 0 Å². The first-order chi connectivity index (χ1) is 10.8. The summed E-state index contributed by atoms with van der Waals surface area (Å²) in [7, 11) is 0. The summed E-state index contributed by atoms with van der Waals surface area (Å²) in [4.78, 5) is 14.1. The molecule has 3 heterocycles. The maximum absolute atomic E-state index is 12.1. The number of aromatic nitrogens is 2. The smallest absolute Gasteiger partial charge is 0.233 e. The van der Waals surface area contributed by atoms with E-state index in [0.717, 1.165) is 61.4 Å². The second-order valence-corrected chi connectivity index (χ2v) is 7.82. The number of piperidine rings is 1. The summed E-state index contributed by atoms with van der Waals surface area (Å²) in [6.45, 7) is 3.46. The summed E-state index contributed by atoms with van der Waals surface area (Å²) < 4.78 is 6.41. The van der Waals surface area contributed by atoms with E-state index in [-0.39, 0.29) is 5.91 Å². The Bertz CT molecular complexity index is 485. The molecule has 0 spiro atoms. The maximum Gasteiger partial charge on any atom is 0.233 e. The van der Waals surface area contributed by atoms with Gasteiger partial charge in [-0.15, -0.1) is 10.2 Å². The van der Waals surface area contributed by atoms with Gasteiger partial charge in [0.2, 0.25) is 11.0 Å². The third-order valence-electron chi connectivity index (χ3n) is 3.94. The summed E-state index contributed by atoms with van der Waals surface area (Å²) in [6, 6.07) is 0. The lowest BCUT2D eigenvalue weighted by Gasteiger charge is -2.26. The van der Waals surface area contributed by atoms with Crippen LogP contribution in [0.5, 0.6) is 0 Å². The van der Waals surface area contributed by atoms with Crippen LogP contribution >= 0.6 is 23.1 Å². The van der Waals surface area contributed by atoms with Gasteiger partial charge in [-0.2, -0.15) is 0 Å². The zero-order valence-corrected chi connectivity index (χ0v) is 14.3. The Balaban J connectivity index is 1.40. The molecule has 1 aromatic rings. The number of hydrogen-bond donors (Lipinski definition) is 1. The van der Waals surface area contributed by atoms with Crippen LogP contribution in [0.15, 0.2) is 4.34 Å². The Morgan fingerprint density at radius 1 is 1.32 bits per heavy atom. The second-order valence-electron chi connectivity index (χ2n) is 5.62. The lowest BCUT2D eigenvalue weighted by atomic mass is 10.1. The molecule has 1 unspecified atom stereocenters. The zero-order chi connectivity index (χ0) is 15.2. The summed E-state index contributed by atoms with van der Waals surface area (Å²) in [5.41, 5.74) is 0. The summed E-state index contributed by atoms with van der Waals surface area (Å²) in [6.07, 6.45) is 6.05. The van der Waals surface area contributed by atoms with E-state index in [4.69, 9.17) is 4.74 Å². The van der Waals surface area contributed by atoms with Crippen molar-refractivity contribution in [1.82, 2.24) is 15.1 Å². The van der Waals surface area contributed by atoms with Crippen molar-refractivity contribution in [3.8, 4) is 0 Å². The number of likely N-dealkylation sites (tertiary alicyclic amines) is 1. The van der Waals surface area contributed by atoms with Crippen LogP contribution in [0.4, 0.5) is 5.13 Å². The monoisotopic (exact) mass is 342 g/mol. The molecule has 0 aromatic carbocycles. The highest BCUT2D eigenvalue weighted by molar-refractivity contribution is 8.01. The van der Waals surface area contributed by atoms with Crippen LogP contribution in [0.25, 0.3) is 0 Å². The fourth-order valence-electron chi connectivity index (χ4n) is 2.70. The van der Waals surface area contributed by atoms with Crippen molar-refractivity contribution in [2.75, 3.05) is 37.3 Å². The Kier molecular flexibility index (Phi) is 5.91. The first-order valence-electron chi connectivity index (χ1n) is 7.91. The van der Waals surface area contributed by atoms with Crippen molar-refractivity contribution in [2.24, 2.45) is 0 Å². The predicted octanol–water partition coefficient (Wildman–Crippen LogP) is 2.23. The minimum atomic E-state index is 0.216. The molecule has 2 aliphatic heterocycles. The first-order valence-corrected chi connectivity index (χ1v) is 9.71. The lowest BCUT2D eigenvalue weighted by Crippen LogP contribution is -2.36. The van der Waals surface area contributed by atoms with Crippen molar-refractivity contribution in [1.29, 1.82) is 0 Å². The lowest BCUT2D eigenvalue weighted by molar-refractivity contribution is -0.129. The molecule has 122 valence electrons. The second kappa shape index (κ2) is 8.12. The van der Waals surface area contributed by atoms with Crippen molar-refractivity contribution < 1.29 is 9.53 Å². The predicted molar refractivity (Wildman–Crippen MR) is 88.5 cm³/mol. The van der Waals surface area contributed by atoms with Crippen LogP contribution in [0.2, 0.25) is 0 Å². The van der Waals surface area contributed by atoms with E-state index < -0.39 is 0 Å². The number of nitrogens with one attached hydrogen (secondary N) is 1. The molecule has 3 rings (SSSR count). The van der Waals surface area contributed by atoms with Crippen LogP contribution in [0.3, 0.4) is 0 Å². The number of thioether (sulfide) groups is 1. The number of amides is 1. The standard InChI is InChI=1S/C14H22N4O2S2/c19-12(18-6-2-1-3-7-18)10-21-14-17-16-13(22-14)15-9-11-5-4-8-20-11/h11H,1-10H2,(H,15,16). The van der Waals surface area contributed by atoms with Crippen LogP contribution in [-0.2, 0) is 9.53 Å². The number of ether oxygens (including phenoxy) is 1. The number of nitrogens with zero attached hydrogens (tertiary/aromatic N) is 3. The van der Waals surface area contributed by atoms with Gasteiger partial charge < -0.3 is 15.0 Å². The Hall–Kier alpha value is -0.860. The van der Waals surface area contributed by atoms with E-state index in [1.54, 1.807) is 0 Å². The average molecular weight is 342 g/mol. The third-order valence-corrected chi connectivity index (χ3v) is 5.94. The molecule has 2 saturated heterocycles. The highest BCUT2D eigenvalue weighted by atomic mass is 32.2. The molecule has 1 aromatic heterocycles. The van der Waals surface area contributed by atoms with E-state index in [2.05, 4.69) is 15.5 Å². The summed E-state index contributed by atoms with van der Waals surface area (Å²) >= 11 is 2.99. The van der Waals surface area contributed by atoms with Gasteiger partial charge in [-0.3, -0.25) is 4.79 Å². The summed E-state index contributed by atoms with van der Waals surface area (Å²) in [5, 5.41) is 12.3. The van der Waals surface area contributed by atoms with Gasteiger partial charge in [0.1, 0.15) is 0 Å². The Morgan fingerprint density at radius 2 is 2.18 bits per heavy atom. The van der Waals surface area contributed by atoms with Gasteiger partial charge in [-0.1, -0.05) is 23.1 Å². The molecule has 1 atom stereocenters. The number of hydrogen-bond acceptors (Lipinski definition) is 7. The highest BCUT2D eigenvalue weighted by Gasteiger charge is 2.18. The van der Waals surface area contributed by atoms with E-state index in [0.29, 0.717) is 11.9 Å². The van der Waals surface area contributed by atoms with Gasteiger partial charge in [0, 0.05) is 26.2 Å². The van der Waals surface area contributed by atoms with Crippen LogP contribution in [-0.4, -0.2) is 59.1 Å². The zero-order valence-electron chi connectivity index (χ0n) is 12.6. The topological polar surface area (TPSA) is 67.3 Å². The van der Waals surface area contributed by atoms with Gasteiger partial charge in [0.15, 0.2) is 4.34 Å². The average Bonchev–Trinajstić information content (AvgIpc) is 3.23. The molecule has 1 amide bonds. The van der Waals surface area contributed by atoms with E-state index in [1.165, 1.54) is 29.5 Å². The van der Waals surface area contributed by atoms with Gasteiger partial charge >= 0.3 is 0 Å². The van der Waals surface area contributed by atoms with E-state index in [9.17, 15) is 4.79 Å². The molecule has 6 nitrogen and oxygen atoms in total. The van der Waals surface area contributed by atoms with Crippen molar-refractivity contribution in [2.45, 2.75) is 42.5 Å². The molecule has 0 radical (unpaired) electrons. The molecular weight excluding hydrogens is 320 g/mol. The Morgan fingerprint density at radius 3 is 2.95 bits per heavy atom. The van der Waals surface area contributed by atoms with E-state index >= 15 is 0 Å². The molecule has 0 aliphatic carbocycles. The molecular formula is C14H22N4O2S2. The molecule has 2 aliphatic rings. The van der Waals surface area contributed by atoms with Crippen molar-refractivity contribution >= 4 is 34.1 Å². The van der Waals surface area contributed by atoms with Crippen molar-refractivity contribution in [3.05, 3.63) is 0 Å². The van der Waals surface area contributed by atoms with Gasteiger partial charge in [-0.05, 0) is 32.1 Å². The first kappa shape index (κ1) is 16.0. The third kappa shape index (κ3) is 4.57. The summed E-state index contributed by atoms with van der Waals surface area (Å²) in [5.74, 6) is 0.675. The molecule has 0 bridgehead atoms. The number of carbonyl (C=O) groups excluding carboxylic acids is 1. The fourth-order valence-corrected chi connectivity index (χ4v) is 4.37. The van der Waals surface area contributed by atoms with Crippen LogP contribution in [0.1, 0.15) is 32.1 Å². The van der Waals surface area contributed by atoms with Crippen molar-refractivity contribution in [3.63, 3.8) is 0 Å². The minimum Gasteiger partial charge on any atom is -0.376 e. The minimum absolute atomic E-state index is 0.216. The fraction of sp³-hybridized carbons (Fsp3) is 0.786. The van der Waals surface area contributed by atoms with Gasteiger partial charge in [0.05, 0.1) is 11.9 Å². The van der Waals surface area contributed by atoms with E-state index in [1.807, 2.05) is 4.90 Å². The number of anilines is 1. The van der Waals surface area contributed by atoms with Crippen LogP contribution in [0, 0.1) is 0 Å². The molecule has 8 heteroatoms. The Labute approximate surface area is 139 Å². The molecule has 22 heavy (non-hydrogen) atoms. The largest absolute Gasteiger partial charge is 0.376 e. The molecule has 0 saturated carbocycles. The SMILES string of the molecule is O=C(CSc1nnc(NCC2CCCO2)s1)N1CCCCC1. The van der Waals surface area contributed by atoms with Gasteiger partial charge in [0.25, 0.3) is 0 Å².